The molecule has 0 aromatic carbocycles. The molecule has 2 nitrogen and oxygen atoms in total. The monoisotopic (exact) mass is 128 g/mol. The zero-order valence-corrected chi connectivity index (χ0v) is 6.13. The summed E-state index contributed by atoms with van der Waals surface area (Å²) >= 11 is 0. The lowest BCUT2D eigenvalue weighted by molar-refractivity contribution is 0.0570. The first kappa shape index (κ1) is 7.03. The molecule has 1 unspecified atom stereocenters. The lowest BCUT2D eigenvalue weighted by atomic mass is 10.1. The van der Waals surface area contributed by atoms with E-state index in [2.05, 4.69) is 18.4 Å². The van der Waals surface area contributed by atoms with Crippen molar-refractivity contribution in [2.24, 2.45) is 0 Å². The van der Waals surface area contributed by atoms with Crippen molar-refractivity contribution in [3.63, 3.8) is 0 Å². The second-order valence-electron chi connectivity index (χ2n) is 2.60. The van der Waals surface area contributed by atoms with Crippen molar-refractivity contribution in [3.8, 4) is 0 Å². The fourth-order valence-electron chi connectivity index (χ4n) is 1.15. The molecule has 0 bridgehead atoms. The molecule has 1 aliphatic rings. The number of likely N-dealkylation sites (tertiary alicyclic amines) is 1. The molecule has 1 fully saturated rings. The predicted molar refractivity (Wildman–Crippen MR) is 37.2 cm³/mol. The van der Waals surface area contributed by atoms with Crippen LogP contribution in [-0.2, 0) is 4.74 Å². The molecule has 0 aliphatic carbocycles. The molecule has 0 saturated carbocycles. The van der Waals surface area contributed by atoms with Crippen LogP contribution in [0.3, 0.4) is 0 Å². The summed E-state index contributed by atoms with van der Waals surface area (Å²) in [5, 5.41) is 0. The molecule has 0 spiro atoms. The zero-order chi connectivity index (χ0) is 6.69. The van der Waals surface area contributed by atoms with Crippen LogP contribution in [0.25, 0.3) is 0 Å². The van der Waals surface area contributed by atoms with E-state index in [0.717, 1.165) is 19.5 Å². The first-order valence-electron chi connectivity index (χ1n) is 3.36. The van der Waals surface area contributed by atoms with Crippen LogP contribution in [-0.4, -0.2) is 38.3 Å². The summed E-state index contributed by atoms with van der Waals surface area (Å²) in [7, 11) is 3.89. The van der Waals surface area contributed by atoms with E-state index in [9.17, 15) is 0 Å². The van der Waals surface area contributed by atoms with Gasteiger partial charge >= 0.3 is 0 Å². The smallest absolute Gasteiger partial charge is 0.0701 e. The standard InChI is InChI=1S/C7H14NO/c1-8-5-3-4-7(6-8)9-2/h3,7H,4-6H2,1-2H3. The lowest BCUT2D eigenvalue weighted by Gasteiger charge is -2.28. The van der Waals surface area contributed by atoms with Crippen LogP contribution in [0.5, 0.6) is 0 Å². The van der Waals surface area contributed by atoms with Gasteiger partial charge in [-0.25, -0.2) is 0 Å². The number of hydrogen-bond acceptors (Lipinski definition) is 2. The van der Waals surface area contributed by atoms with Crippen LogP contribution in [0.4, 0.5) is 0 Å². The zero-order valence-electron chi connectivity index (χ0n) is 6.13. The molecule has 1 radical (unpaired) electrons. The highest BCUT2D eigenvalue weighted by molar-refractivity contribution is 4.82. The number of likely N-dealkylation sites (N-methyl/N-ethyl adjacent to an activating group) is 1. The van der Waals surface area contributed by atoms with Gasteiger partial charge in [-0.15, -0.1) is 0 Å². The van der Waals surface area contributed by atoms with Crippen LogP contribution < -0.4 is 0 Å². The third-order valence-corrected chi connectivity index (χ3v) is 1.72. The second kappa shape index (κ2) is 3.18. The Morgan fingerprint density at radius 3 is 2.89 bits per heavy atom. The molecule has 1 rings (SSSR count). The van der Waals surface area contributed by atoms with Crippen molar-refractivity contribution in [2.45, 2.75) is 12.5 Å². The Balaban J connectivity index is 2.23. The van der Waals surface area contributed by atoms with Gasteiger partial charge in [0.05, 0.1) is 6.10 Å². The number of ether oxygens (including phenoxy) is 1. The normalized spacial score (nSPS) is 30.7. The average molecular weight is 128 g/mol. The summed E-state index contributed by atoms with van der Waals surface area (Å²) in [6.07, 6.45) is 3.81. The Labute approximate surface area is 56.8 Å². The minimum Gasteiger partial charge on any atom is -0.380 e. The van der Waals surface area contributed by atoms with E-state index in [1.54, 1.807) is 7.11 Å². The molecule has 1 atom stereocenters. The van der Waals surface area contributed by atoms with Crippen molar-refractivity contribution in [1.29, 1.82) is 0 Å². The molecular weight excluding hydrogens is 114 g/mol. The molecule has 53 valence electrons. The topological polar surface area (TPSA) is 12.5 Å². The Hall–Kier alpha value is -0.0800. The summed E-state index contributed by atoms with van der Waals surface area (Å²) in [4.78, 5) is 2.26. The highest BCUT2D eigenvalue weighted by Crippen LogP contribution is 2.08. The number of nitrogens with zero attached hydrogens (tertiary/aromatic N) is 1. The van der Waals surface area contributed by atoms with Gasteiger partial charge in [0.15, 0.2) is 0 Å². The lowest BCUT2D eigenvalue weighted by Crippen LogP contribution is -2.36. The summed E-state index contributed by atoms with van der Waals surface area (Å²) in [6.45, 7) is 2.19. The van der Waals surface area contributed by atoms with Crippen molar-refractivity contribution in [1.82, 2.24) is 4.90 Å². The van der Waals surface area contributed by atoms with Crippen LogP contribution >= 0.6 is 0 Å². The van der Waals surface area contributed by atoms with Crippen molar-refractivity contribution in [3.05, 3.63) is 6.42 Å². The van der Waals surface area contributed by atoms with Gasteiger partial charge in [-0.05, 0) is 19.9 Å². The third-order valence-electron chi connectivity index (χ3n) is 1.72. The highest BCUT2D eigenvalue weighted by Gasteiger charge is 2.15. The van der Waals surface area contributed by atoms with Gasteiger partial charge in [-0.2, -0.15) is 0 Å². The largest absolute Gasteiger partial charge is 0.380 e. The Morgan fingerprint density at radius 2 is 2.44 bits per heavy atom. The summed E-state index contributed by atoms with van der Waals surface area (Å²) in [5.41, 5.74) is 0. The third kappa shape index (κ3) is 1.95. The number of piperidine rings is 1. The maximum atomic E-state index is 5.19. The van der Waals surface area contributed by atoms with Crippen molar-refractivity contribution >= 4 is 0 Å². The fourth-order valence-corrected chi connectivity index (χ4v) is 1.15. The van der Waals surface area contributed by atoms with Gasteiger partial charge in [0.2, 0.25) is 0 Å². The van der Waals surface area contributed by atoms with Gasteiger partial charge in [-0.1, -0.05) is 0 Å². The Kier molecular flexibility index (Phi) is 2.49. The number of rotatable bonds is 1. The Morgan fingerprint density at radius 1 is 1.67 bits per heavy atom. The van der Waals surface area contributed by atoms with E-state index < -0.39 is 0 Å². The minimum atomic E-state index is 0.434. The van der Waals surface area contributed by atoms with Gasteiger partial charge in [0.25, 0.3) is 0 Å². The second-order valence-corrected chi connectivity index (χ2v) is 2.60. The van der Waals surface area contributed by atoms with Gasteiger partial charge < -0.3 is 9.64 Å². The molecule has 0 aromatic heterocycles. The van der Waals surface area contributed by atoms with Crippen LogP contribution in [0.15, 0.2) is 0 Å². The predicted octanol–water partition coefficient (Wildman–Crippen LogP) is 0.541. The maximum absolute atomic E-state index is 5.19. The fraction of sp³-hybridized carbons (Fsp3) is 0.857. The molecule has 1 saturated heterocycles. The molecule has 9 heavy (non-hydrogen) atoms. The van der Waals surface area contributed by atoms with Crippen molar-refractivity contribution in [2.75, 3.05) is 27.2 Å². The molecule has 0 amide bonds. The molecule has 1 aliphatic heterocycles. The molecule has 2 heteroatoms. The van der Waals surface area contributed by atoms with E-state index in [1.165, 1.54) is 0 Å². The minimum absolute atomic E-state index is 0.434. The first-order chi connectivity index (χ1) is 4.33. The number of methoxy groups -OCH3 is 1. The molecule has 0 N–H and O–H groups in total. The Bertz CT molecular complexity index is 85.0. The number of hydrogen-bond donors (Lipinski definition) is 0. The quantitative estimate of drug-likeness (QED) is 0.511. The van der Waals surface area contributed by atoms with E-state index in [1.807, 2.05) is 0 Å². The summed E-state index contributed by atoms with van der Waals surface area (Å²) < 4.78 is 5.19. The highest BCUT2D eigenvalue weighted by atomic mass is 16.5. The molecule has 0 aromatic rings. The average Bonchev–Trinajstić information content (AvgIpc) is 1.88. The maximum Gasteiger partial charge on any atom is 0.0701 e. The van der Waals surface area contributed by atoms with Crippen LogP contribution in [0, 0.1) is 6.42 Å². The van der Waals surface area contributed by atoms with E-state index in [0.29, 0.717) is 6.10 Å². The van der Waals surface area contributed by atoms with E-state index in [-0.39, 0.29) is 0 Å². The SMILES string of the molecule is COC1C[CH]CN(C)C1. The van der Waals surface area contributed by atoms with Gasteiger partial charge in [-0.3, -0.25) is 0 Å². The van der Waals surface area contributed by atoms with Crippen molar-refractivity contribution < 1.29 is 4.74 Å². The first-order valence-corrected chi connectivity index (χ1v) is 3.36. The van der Waals surface area contributed by atoms with Gasteiger partial charge in [0.1, 0.15) is 0 Å². The molecular formula is C7H14NO. The van der Waals surface area contributed by atoms with Crippen LogP contribution in [0.1, 0.15) is 6.42 Å². The summed E-state index contributed by atoms with van der Waals surface area (Å²) in [5.74, 6) is 0. The van der Waals surface area contributed by atoms with E-state index in [4.69, 9.17) is 4.74 Å². The van der Waals surface area contributed by atoms with Crippen LogP contribution in [0.2, 0.25) is 0 Å². The van der Waals surface area contributed by atoms with E-state index >= 15 is 0 Å². The summed E-state index contributed by atoms with van der Waals surface area (Å²) in [6, 6.07) is 0. The molecule has 1 heterocycles. The van der Waals surface area contributed by atoms with Gasteiger partial charge in [0, 0.05) is 20.2 Å².